The third-order valence-electron chi connectivity index (χ3n) is 2.52. The number of anilines is 2. The number of carbonyl (C=O) groups is 1. The molecule has 2 rings (SSSR count). The topological polar surface area (TPSA) is 41.1 Å². The van der Waals surface area contributed by atoms with Gasteiger partial charge in [-0.3, -0.25) is 4.79 Å². The van der Waals surface area contributed by atoms with E-state index in [1.54, 1.807) is 12.1 Å². The number of para-hydroxylation sites is 1. The largest absolute Gasteiger partial charge is 0.376 e. The highest BCUT2D eigenvalue weighted by Gasteiger charge is 2.06. The molecule has 0 aliphatic rings. The second kappa shape index (κ2) is 6.47. The van der Waals surface area contributed by atoms with Gasteiger partial charge in [0.05, 0.1) is 16.7 Å². The van der Waals surface area contributed by atoms with E-state index in [0.717, 1.165) is 0 Å². The predicted molar refractivity (Wildman–Crippen MR) is 77.6 cm³/mol. The first kappa shape index (κ1) is 14.5. The number of carbonyl (C=O) groups excluding carboxylic acids is 1. The lowest BCUT2D eigenvalue weighted by atomic mass is 10.3. The quantitative estimate of drug-likeness (QED) is 0.889. The third kappa shape index (κ3) is 3.77. The summed E-state index contributed by atoms with van der Waals surface area (Å²) in [6, 6.07) is 10.2. The van der Waals surface area contributed by atoms with Gasteiger partial charge in [0.2, 0.25) is 5.91 Å². The third-order valence-corrected chi connectivity index (χ3v) is 3.13. The van der Waals surface area contributed by atoms with Gasteiger partial charge >= 0.3 is 0 Å². The molecule has 3 nitrogen and oxygen atoms in total. The molecule has 0 unspecified atom stereocenters. The van der Waals surface area contributed by atoms with Crippen LogP contribution in [0.15, 0.2) is 46.9 Å². The van der Waals surface area contributed by atoms with Gasteiger partial charge < -0.3 is 10.6 Å². The van der Waals surface area contributed by atoms with Crippen LogP contribution in [0.25, 0.3) is 0 Å². The summed E-state index contributed by atoms with van der Waals surface area (Å²) in [5.41, 5.74) is 0.710. The lowest BCUT2D eigenvalue weighted by Gasteiger charge is -2.09. The molecule has 6 heteroatoms. The Morgan fingerprint density at radius 2 is 1.85 bits per heavy atom. The van der Waals surface area contributed by atoms with E-state index in [2.05, 4.69) is 26.6 Å². The number of nitrogens with one attached hydrogen (secondary N) is 2. The minimum atomic E-state index is -0.495. The Morgan fingerprint density at radius 1 is 1.10 bits per heavy atom. The van der Waals surface area contributed by atoms with Gasteiger partial charge in [-0.15, -0.1) is 0 Å². The summed E-state index contributed by atoms with van der Waals surface area (Å²) < 4.78 is 26.7. The molecule has 0 saturated heterocycles. The Balaban J connectivity index is 1.92. The molecule has 104 valence electrons. The standard InChI is InChI=1S/C14H11BrF2N2O/c15-10-7-9(5-6-11(10)16)18-8-14(20)19-13-4-2-1-3-12(13)17/h1-7,18H,8H2,(H,19,20). The molecule has 0 aliphatic carbocycles. The molecule has 0 fully saturated rings. The van der Waals surface area contributed by atoms with Crippen LogP contribution in [0.3, 0.4) is 0 Å². The maximum Gasteiger partial charge on any atom is 0.243 e. The second-order valence-electron chi connectivity index (χ2n) is 4.01. The molecule has 20 heavy (non-hydrogen) atoms. The highest BCUT2D eigenvalue weighted by molar-refractivity contribution is 9.10. The average Bonchev–Trinajstić information content (AvgIpc) is 2.43. The van der Waals surface area contributed by atoms with Crippen molar-refractivity contribution in [3.8, 4) is 0 Å². The van der Waals surface area contributed by atoms with Crippen LogP contribution < -0.4 is 10.6 Å². The summed E-state index contributed by atoms with van der Waals surface area (Å²) in [4.78, 5) is 11.7. The zero-order valence-corrected chi connectivity index (χ0v) is 11.9. The molecular weight excluding hydrogens is 330 g/mol. The fraction of sp³-hybridized carbons (Fsp3) is 0.0714. The van der Waals surface area contributed by atoms with E-state index in [1.165, 1.54) is 30.3 Å². The Morgan fingerprint density at radius 3 is 2.55 bits per heavy atom. The molecular formula is C14H11BrF2N2O. The lowest BCUT2D eigenvalue weighted by molar-refractivity contribution is -0.114. The first-order valence-electron chi connectivity index (χ1n) is 5.79. The van der Waals surface area contributed by atoms with E-state index in [0.29, 0.717) is 10.2 Å². The van der Waals surface area contributed by atoms with E-state index in [4.69, 9.17) is 0 Å². The zero-order chi connectivity index (χ0) is 14.5. The first-order valence-corrected chi connectivity index (χ1v) is 6.59. The SMILES string of the molecule is O=C(CNc1ccc(F)c(Br)c1)Nc1ccccc1F. The molecule has 0 aromatic heterocycles. The summed E-state index contributed by atoms with van der Waals surface area (Å²) in [7, 11) is 0. The Kier molecular flexibility index (Phi) is 4.68. The summed E-state index contributed by atoms with van der Waals surface area (Å²) in [5.74, 6) is -1.27. The van der Waals surface area contributed by atoms with Crippen LogP contribution in [0.1, 0.15) is 0 Å². The van der Waals surface area contributed by atoms with Gasteiger partial charge in [0.25, 0.3) is 0 Å². The number of amides is 1. The fourth-order valence-corrected chi connectivity index (χ4v) is 1.92. The first-order chi connectivity index (χ1) is 9.56. The molecule has 0 aliphatic heterocycles. The van der Waals surface area contributed by atoms with Crippen LogP contribution in [-0.4, -0.2) is 12.5 Å². The summed E-state index contributed by atoms with van der Waals surface area (Å²) in [6.07, 6.45) is 0. The van der Waals surface area contributed by atoms with Crippen LogP contribution in [0, 0.1) is 11.6 Å². The summed E-state index contributed by atoms with van der Waals surface area (Å²) in [5, 5.41) is 5.27. The molecule has 2 aromatic rings. The van der Waals surface area contributed by atoms with Crippen molar-refractivity contribution in [1.29, 1.82) is 0 Å². The number of halogens is 3. The van der Waals surface area contributed by atoms with Gasteiger partial charge in [-0.05, 0) is 46.3 Å². The molecule has 0 spiro atoms. The van der Waals surface area contributed by atoms with Crippen LogP contribution in [0.5, 0.6) is 0 Å². The van der Waals surface area contributed by atoms with Crippen LogP contribution in [0.4, 0.5) is 20.2 Å². The number of hydrogen-bond donors (Lipinski definition) is 2. The van der Waals surface area contributed by atoms with E-state index in [1.807, 2.05) is 0 Å². The van der Waals surface area contributed by atoms with Crippen LogP contribution >= 0.6 is 15.9 Å². The van der Waals surface area contributed by atoms with Gasteiger partial charge in [0.1, 0.15) is 11.6 Å². The van der Waals surface area contributed by atoms with Crippen molar-refractivity contribution >= 4 is 33.2 Å². The van der Waals surface area contributed by atoms with Crippen molar-refractivity contribution in [3.63, 3.8) is 0 Å². The zero-order valence-electron chi connectivity index (χ0n) is 10.3. The summed E-state index contributed by atoms with van der Waals surface area (Å²) in [6.45, 7) is -0.0492. The van der Waals surface area contributed by atoms with Crippen molar-refractivity contribution < 1.29 is 13.6 Å². The number of rotatable bonds is 4. The van der Waals surface area contributed by atoms with E-state index in [-0.39, 0.29) is 18.0 Å². The van der Waals surface area contributed by atoms with Gasteiger partial charge in [-0.2, -0.15) is 0 Å². The van der Waals surface area contributed by atoms with Gasteiger partial charge in [0, 0.05) is 5.69 Å². The van der Waals surface area contributed by atoms with Crippen LogP contribution in [0.2, 0.25) is 0 Å². The number of benzene rings is 2. The van der Waals surface area contributed by atoms with Crippen molar-refractivity contribution in [3.05, 3.63) is 58.6 Å². The maximum atomic E-state index is 13.3. The van der Waals surface area contributed by atoms with Gasteiger partial charge in [0.15, 0.2) is 0 Å². The van der Waals surface area contributed by atoms with Crippen molar-refractivity contribution in [2.24, 2.45) is 0 Å². The van der Waals surface area contributed by atoms with E-state index >= 15 is 0 Å². The minimum absolute atomic E-state index is 0.0492. The molecule has 2 aromatic carbocycles. The van der Waals surface area contributed by atoms with Gasteiger partial charge in [-0.25, -0.2) is 8.78 Å². The Hall–Kier alpha value is -1.95. The molecule has 1 amide bonds. The molecule has 2 N–H and O–H groups in total. The van der Waals surface area contributed by atoms with Crippen molar-refractivity contribution in [1.82, 2.24) is 0 Å². The Bertz CT molecular complexity index is 634. The lowest BCUT2D eigenvalue weighted by Crippen LogP contribution is -2.22. The maximum absolute atomic E-state index is 13.3. The fourth-order valence-electron chi connectivity index (χ4n) is 1.55. The molecule has 0 saturated carbocycles. The molecule has 0 atom stereocenters. The van der Waals surface area contributed by atoms with Crippen molar-refractivity contribution in [2.45, 2.75) is 0 Å². The summed E-state index contributed by atoms with van der Waals surface area (Å²) >= 11 is 3.05. The Labute approximate surface area is 123 Å². The van der Waals surface area contributed by atoms with Gasteiger partial charge in [-0.1, -0.05) is 12.1 Å². The molecule has 0 heterocycles. The highest BCUT2D eigenvalue weighted by atomic mass is 79.9. The monoisotopic (exact) mass is 340 g/mol. The normalized spacial score (nSPS) is 10.2. The highest BCUT2D eigenvalue weighted by Crippen LogP contribution is 2.19. The second-order valence-corrected chi connectivity index (χ2v) is 4.86. The molecule has 0 radical (unpaired) electrons. The number of hydrogen-bond acceptors (Lipinski definition) is 2. The predicted octanol–water partition coefficient (Wildman–Crippen LogP) is 3.78. The van der Waals surface area contributed by atoms with Crippen LogP contribution in [-0.2, 0) is 4.79 Å². The van der Waals surface area contributed by atoms with E-state index in [9.17, 15) is 13.6 Å². The van der Waals surface area contributed by atoms with Crippen molar-refractivity contribution in [2.75, 3.05) is 17.2 Å². The smallest absolute Gasteiger partial charge is 0.243 e. The minimum Gasteiger partial charge on any atom is -0.376 e. The van der Waals surface area contributed by atoms with E-state index < -0.39 is 11.7 Å². The average molecular weight is 341 g/mol. The molecule has 0 bridgehead atoms.